The molecule has 0 bridgehead atoms. The van der Waals surface area contributed by atoms with Crippen LogP contribution >= 0.6 is 0 Å². The Labute approximate surface area is 299 Å². The molecule has 1 aliphatic rings. The van der Waals surface area contributed by atoms with Gasteiger partial charge in [0.25, 0.3) is 0 Å². The second-order valence-electron chi connectivity index (χ2n) is 14.0. The lowest BCUT2D eigenvalue weighted by atomic mass is 10.00. The summed E-state index contributed by atoms with van der Waals surface area (Å²) in [5, 5.41) is 9.95. The SMILES string of the molecule is c1ccc(-n2c3ccccc3c3cc(-c4ccc5c(c4)c4cc6ccccc6cc4n5-c4ccc5c6c(nccc46)-c4ccccc4-5)ccc32)cc1. The Kier molecular flexibility index (Phi) is 5.50. The van der Waals surface area contributed by atoms with Gasteiger partial charge in [0.15, 0.2) is 0 Å². The van der Waals surface area contributed by atoms with Crippen molar-refractivity contribution in [3.63, 3.8) is 0 Å². The summed E-state index contributed by atoms with van der Waals surface area (Å²) in [5.74, 6) is 0. The molecule has 0 saturated heterocycles. The molecule has 0 N–H and O–H groups in total. The van der Waals surface area contributed by atoms with Crippen LogP contribution in [0.5, 0.6) is 0 Å². The fourth-order valence-electron chi connectivity index (χ4n) is 8.98. The van der Waals surface area contributed by atoms with Crippen molar-refractivity contribution in [2.75, 3.05) is 0 Å². The molecule has 11 aromatic rings. The van der Waals surface area contributed by atoms with E-state index in [1.165, 1.54) is 104 Å². The van der Waals surface area contributed by atoms with E-state index in [9.17, 15) is 0 Å². The van der Waals surface area contributed by atoms with Crippen molar-refractivity contribution >= 4 is 65.2 Å². The molecule has 0 amide bonds. The van der Waals surface area contributed by atoms with Gasteiger partial charge in [-0.05, 0) is 99.8 Å². The van der Waals surface area contributed by atoms with Crippen LogP contribution in [-0.2, 0) is 0 Å². The summed E-state index contributed by atoms with van der Waals surface area (Å²) in [7, 11) is 0. The van der Waals surface area contributed by atoms with Gasteiger partial charge in [0, 0.05) is 49.8 Å². The van der Waals surface area contributed by atoms with E-state index in [2.05, 4.69) is 179 Å². The fraction of sp³-hybridized carbons (Fsp3) is 0. The minimum atomic E-state index is 1.07. The Morgan fingerprint density at radius 3 is 1.83 bits per heavy atom. The summed E-state index contributed by atoms with van der Waals surface area (Å²) in [4.78, 5) is 4.90. The second kappa shape index (κ2) is 10.3. The van der Waals surface area contributed by atoms with Crippen LogP contribution in [0.15, 0.2) is 176 Å². The molecule has 1 aliphatic carbocycles. The molecule has 3 heterocycles. The molecule has 52 heavy (non-hydrogen) atoms. The van der Waals surface area contributed by atoms with Crippen molar-refractivity contribution in [3.8, 4) is 44.9 Å². The van der Waals surface area contributed by atoms with Crippen molar-refractivity contribution in [1.82, 2.24) is 14.1 Å². The number of para-hydroxylation sites is 2. The number of hydrogen-bond donors (Lipinski definition) is 0. The molecule has 3 heteroatoms. The van der Waals surface area contributed by atoms with Gasteiger partial charge in [0.1, 0.15) is 0 Å². The zero-order valence-electron chi connectivity index (χ0n) is 28.1. The van der Waals surface area contributed by atoms with Crippen LogP contribution in [0.4, 0.5) is 0 Å². The predicted octanol–water partition coefficient (Wildman–Crippen LogP) is 12.9. The van der Waals surface area contributed by atoms with E-state index in [1.54, 1.807) is 0 Å². The molecule has 12 rings (SSSR count). The first-order valence-electron chi connectivity index (χ1n) is 17.9. The molecule has 0 spiro atoms. The van der Waals surface area contributed by atoms with Gasteiger partial charge >= 0.3 is 0 Å². The second-order valence-corrected chi connectivity index (χ2v) is 14.0. The van der Waals surface area contributed by atoms with Gasteiger partial charge < -0.3 is 9.13 Å². The summed E-state index contributed by atoms with van der Waals surface area (Å²) < 4.78 is 4.85. The molecule has 3 aromatic heterocycles. The van der Waals surface area contributed by atoms with E-state index in [-0.39, 0.29) is 0 Å². The summed E-state index contributed by atoms with van der Waals surface area (Å²) in [6, 6.07) is 62.3. The smallest absolute Gasteiger partial charge is 0.0793 e. The number of fused-ring (bicyclic) bond motifs is 10. The highest BCUT2D eigenvalue weighted by Crippen LogP contribution is 2.48. The van der Waals surface area contributed by atoms with Crippen LogP contribution in [0.25, 0.3) is 110 Å². The van der Waals surface area contributed by atoms with E-state index in [1.807, 2.05) is 6.20 Å². The highest BCUT2D eigenvalue weighted by Gasteiger charge is 2.25. The van der Waals surface area contributed by atoms with Crippen LogP contribution in [0.3, 0.4) is 0 Å². The van der Waals surface area contributed by atoms with Crippen molar-refractivity contribution in [2.24, 2.45) is 0 Å². The maximum absolute atomic E-state index is 4.90. The van der Waals surface area contributed by atoms with Gasteiger partial charge in [-0.3, -0.25) is 4.98 Å². The number of nitrogens with zero attached hydrogens (tertiary/aromatic N) is 3. The normalized spacial score (nSPS) is 12.2. The molecule has 0 atom stereocenters. The average Bonchev–Trinajstić information content (AvgIpc) is 3.83. The number of pyridine rings is 1. The topological polar surface area (TPSA) is 22.8 Å². The standard InChI is InChI=1S/C49H29N3/c1-2-12-34(13-3-1)51-43-17-9-8-15-36(43)40-27-32(18-21-45(40)51)33-19-22-46-41(28-33)42-26-30-10-4-5-11-31(30)29-47(42)52(46)44-23-20-37-35-14-6-7-16-38(35)49-48(37)39(44)24-25-50-49/h1-29H. The number of hydrogen-bond acceptors (Lipinski definition) is 1. The molecule has 0 saturated carbocycles. The Hall–Kier alpha value is -6.97. The van der Waals surface area contributed by atoms with E-state index >= 15 is 0 Å². The van der Waals surface area contributed by atoms with Crippen LogP contribution < -0.4 is 0 Å². The van der Waals surface area contributed by atoms with E-state index in [4.69, 9.17) is 4.98 Å². The molecule has 0 aliphatic heterocycles. The van der Waals surface area contributed by atoms with Crippen LogP contribution in [0.2, 0.25) is 0 Å². The molecule has 0 fully saturated rings. The maximum Gasteiger partial charge on any atom is 0.0793 e. The Morgan fingerprint density at radius 1 is 0.365 bits per heavy atom. The third-order valence-corrected chi connectivity index (χ3v) is 11.3. The van der Waals surface area contributed by atoms with Gasteiger partial charge in [-0.2, -0.15) is 0 Å². The third kappa shape index (κ3) is 3.72. The van der Waals surface area contributed by atoms with Crippen molar-refractivity contribution < 1.29 is 0 Å². The molecule has 240 valence electrons. The van der Waals surface area contributed by atoms with Crippen LogP contribution in [0.1, 0.15) is 0 Å². The van der Waals surface area contributed by atoms with Gasteiger partial charge in [-0.15, -0.1) is 0 Å². The Morgan fingerprint density at radius 2 is 1.00 bits per heavy atom. The lowest BCUT2D eigenvalue weighted by Gasteiger charge is -2.13. The molecular weight excluding hydrogens is 631 g/mol. The van der Waals surface area contributed by atoms with Gasteiger partial charge in [0.05, 0.1) is 33.4 Å². The predicted molar refractivity (Wildman–Crippen MR) is 218 cm³/mol. The first-order chi connectivity index (χ1) is 25.8. The zero-order chi connectivity index (χ0) is 33.9. The first-order valence-corrected chi connectivity index (χ1v) is 17.9. The van der Waals surface area contributed by atoms with Crippen LogP contribution in [-0.4, -0.2) is 14.1 Å². The number of aromatic nitrogens is 3. The largest absolute Gasteiger partial charge is 0.309 e. The van der Waals surface area contributed by atoms with E-state index in [0.717, 1.165) is 5.69 Å². The summed E-state index contributed by atoms with van der Waals surface area (Å²) in [6.07, 6.45) is 1.97. The Bertz CT molecular complexity index is 3260. The fourth-order valence-corrected chi connectivity index (χ4v) is 8.98. The van der Waals surface area contributed by atoms with Gasteiger partial charge in [0.2, 0.25) is 0 Å². The summed E-state index contributed by atoms with van der Waals surface area (Å²) in [5.41, 5.74) is 14.4. The maximum atomic E-state index is 4.90. The average molecular weight is 660 g/mol. The molecule has 8 aromatic carbocycles. The monoisotopic (exact) mass is 659 g/mol. The highest BCUT2D eigenvalue weighted by molar-refractivity contribution is 6.19. The lowest BCUT2D eigenvalue weighted by molar-refractivity contribution is 1.18. The quantitative estimate of drug-likeness (QED) is 0.185. The van der Waals surface area contributed by atoms with Crippen LogP contribution in [0, 0.1) is 0 Å². The first kappa shape index (κ1) is 27.8. The minimum absolute atomic E-state index is 1.07. The van der Waals surface area contributed by atoms with Gasteiger partial charge in [-0.25, -0.2) is 0 Å². The number of benzene rings is 8. The highest BCUT2D eigenvalue weighted by atomic mass is 15.0. The van der Waals surface area contributed by atoms with Crippen molar-refractivity contribution in [3.05, 3.63) is 176 Å². The van der Waals surface area contributed by atoms with Gasteiger partial charge in [-0.1, -0.05) is 103 Å². The zero-order valence-corrected chi connectivity index (χ0v) is 28.1. The third-order valence-electron chi connectivity index (χ3n) is 11.3. The van der Waals surface area contributed by atoms with Crippen molar-refractivity contribution in [1.29, 1.82) is 0 Å². The van der Waals surface area contributed by atoms with E-state index < -0.39 is 0 Å². The molecule has 0 radical (unpaired) electrons. The molecule has 0 unspecified atom stereocenters. The van der Waals surface area contributed by atoms with E-state index in [0.29, 0.717) is 0 Å². The summed E-state index contributed by atoms with van der Waals surface area (Å²) in [6.45, 7) is 0. The number of rotatable bonds is 3. The molecular formula is C49H29N3. The van der Waals surface area contributed by atoms with Crippen molar-refractivity contribution in [2.45, 2.75) is 0 Å². The summed E-state index contributed by atoms with van der Waals surface area (Å²) >= 11 is 0. The molecule has 3 nitrogen and oxygen atoms in total. The minimum Gasteiger partial charge on any atom is -0.309 e. The lowest BCUT2D eigenvalue weighted by Crippen LogP contribution is -1.96. The Balaban J connectivity index is 1.12.